The Morgan fingerprint density at radius 3 is 2.43 bits per heavy atom. The summed E-state index contributed by atoms with van der Waals surface area (Å²) in [7, 11) is -1.64. The predicted octanol–water partition coefficient (Wildman–Crippen LogP) is 1.61. The molecule has 1 aliphatic rings. The lowest BCUT2D eigenvalue weighted by Crippen LogP contribution is -2.49. The molecule has 1 saturated heterocycles. The van der Waals surface area contributed by atoms with Crippen LogP contribution in [0.5, 0.6) is 5.88 Å². The maximum Gasteiger partial charge on any atom is 0.213 e. The lowest BCUT2D eigenvalue weighted by molar-refractivity contribution is 0.144. The van der Waals surface area contributed by atoms with E-state index in [1.54, 1.807) is 38.6 Å². The van der Waals surface area contributed by atoms with E-state index in [0.717, 1.165) is 5.69 Å². The van der Waals surface area contributed by atoms with Gasteiger partial charge in [-0.3, -0.25) is 4.90 Å². The third kappa shape index (κ3) is 5.81. The van der Waals surface area contributed by atoms with Crippen LogP contribution in [0, 0.1) is 6.92 Å². The number of pyridine rings is 1. The van der Waals surface area contributed by atoms with E-state index in [1.807, 2.05) is 13.0 Å². The molecule has 3 aromatic heterocycles. The topological polar surface area (TPSA) is 152 Å². The van der Waals surface area contributed by atoms with Gasteiger partial charge in [0.2, 0.25) is 15.9 Å². The normalized spacial score (nSPS) is 16.1. The third-order valence-corrected chi connectivity index (χ3v) is 7.12. The van der Waals surface area contributed by atoms with E-state index >= 15 is 0 Å². The van der Waals surface area contributed by atoms with E-state index in [9.17, 15) is 8.42 Å². The van der Waals surface area contributed by atoms with Crippen LogP contribution in [0.4, 0.5) is 17.3 Å². The number of aryl methyl sites for hydroxylation is 1. The van der Waals surface area contributed by atoms with Crippen LogP contribution >= 0.6 is 0 Å². The molecule has 0 bridgehead atoms. The molecule has 1 unspecified atom stereocenters. The maximum atomic E-state index is 11.9. The van der Waals surface area contributed by atoms with Gasteiger partial charge < -0.3 is 15.8 Å². The van der Waals surface area contributed by atoms with Gasteiger partial charge >= 0.3 is 0 Å². The SMILES string of the molecule is COc1ccc(Nc2ncc(C(C)N3CCN(S(C)(=O)=O)CC3)nc2-c2cc(N)nc(C)n2)cn1. The zero-order valence-corrected chi connectivity index (χ0v) is 20.9. The van der Waals surface area contributed by atoms with Crippen LogP contribution in [0.25, 0.3) is 11.4 Å². The van der Waals surface area contributed by atoms with E-state index < -0.39 is 10.0 Å². The third-order valence-electron chi connectivity index (χ3n) is 5.82. The quantitative estimate of drug-likeness (QED) is 0.487. The van der Waals surface area contributed by atoms with Gasteiger partial charge in [-0.05, 0) is 19.9 Å². The molecule has 0 spiro atoms. The van der Waals surface area contributed by atoms with E-state index in [1.165, 1.54) is 10.6 Å². The summed E-state index contributed by atoms with van der Waals surface area (Å²) >= 11 is 0. The van der Waals surface area contributed by atoms with Gasteiger partial charge in [0.05, 0.1) is 48.9 Å². The van der Waals surface area contributed by atoms with Gasteiger partial charge in [-0.2, -0.15) is 4.31 Å². The fraction of sp³-hybridized carbons (Fsp3) is 0.409. The average Bonchev–Trinajstić information content (AvgIpc) is 2.83. The molecular weight excluding hydrogens is 470 g/mol. The number of nitrogens with one attached hydrogen (secondary N) is 1. The Bertz CT molecular complexity index is 1270. The highest BCUT2D eigenvalue weighted by Crippen LogP contribution is 2.30. The Hall–Kier alpha value is -3.42. The lowest BCUT2D eigenvalue weighted by Gasteiger charge is -2.36. The molecule has 35 heavy (non-hydrogen) atoms. The summed E-state index contributed by atoms with van der Waals surface area (Å²) < 4.78 is 30.3. The largest absolute Gasteiger partial charge is 0.481 e. The van der Waals surface area contributed by atoms with Crippen molar-refractivity contribution in [3.8, 4) is 17.3 Å². The van der Waals surface area contributed by atoms with Crippen molar-refractivity contribution in [2.45, 2.75) is 19.9 Å². The number of methoxy groups -OCH3 is 1. The van der Waals surface area contributed by atoms with Crippen LogP contribution in [-0.2, 0) is 10.0 Å². The summed E-state index contributed by atoms with van der Waals surface area (Å²) in [5, 5.41) is 3.25. The number of nitrogens with zero attached hydrogens (tertiary/aromatic N) is 7. The molecule has 186 valence electrons. The van der Waals surface area contributed by atoms with Crippen molar-refractivity contribution in [3.63, 3.8) is 0 Å². The maximum absolute atomic E-state index is 11.9. The van der Waals surface area contributed by atoms with Crippen LogP contribution in [0.3, 0.4) is 0 Å². The van der Waals surface area contributed by atoms with E-state index in [-0.39, 0.29) is 6.04 Å². The number of nitrogen functional groups attached to an aromatic ring is 1. The van der Waals surface area contributed by atoms with Gasteiger partial charge in [0.25, 0.3) is 0 Å². The highest BCUT2D eigenvalue weighted by atomic mass is 32.2. The Labute approximate surface area is 204 Å². The van der Waals surface area contributed by atoms with Gasteiger partial charge in [-0.25, -0.2) is 33.3 Å². The zero-order chi connectivity index (χ0) is 25.2. The number of hydrogen-bond donors (Lipinski definition) is 2. The fourth-order valence-electron chi connectivity index (χ4n) is 3.91. The molecule has 1 fully saturated rings. The van der Waals surface area contributed by atoms with Crippen LogP contribution in [0.2, 0.25) is 0 Å². The van der Waals surface area contributed by atoms with Crippen molar-refractivity contribution in [3.05, 3.63) is 42.1 Å². The van der Waals surface area contributed by atoms with Gasteiger partial charge in [0.15, 0.2) is 5.82 Å². The minimum absolute atomic E-state index is 0.0834. The lowest BCUT2D eigenvalue weighted by atomic mass is 10.1. The molecule has 0 radical (unpaired) electrons. The number of piperazine rings is 1. The summed E-state index contributed by atoms with van der Waals surface area (Å²) in [5.74, 6) is 1.85. The van der Waals surface area contributed by atoms with Gasteiger partial charge in [0.1, 0.15) is 17.3 Å². The number of aromatic nitrogens is 5. The Kier molecular flexibility index (Phi) is 7.10. The van der Waals surface area contributed by atoms with Crippen LogP contribution in [-0.4, -0.2) is 82.1 Å². The second kappa shape index (κ2) is 10.1. The number of sulfonamides is 1. The monoisotopic (exact) mass is 499 g/mol. The van der Waals surface area contributed by atoms with E-state index in [2.05, 4.69) is 30.2 Å². The smallest absolute Gasteiger partial charge is 0.213 e. The van der Waals surface area contributed by atoms with Crippen molar-refractivity contribution >= 4 is 27.3 Å². The number of nitrogens with two attached hydrogens (primary N) is 1. The molecule has 13 heteroatoms. The first-order valence-electron chi connectivity index (χ1n) is 11.1. The van der Waals surface area contributed by atoms with Crippen LogP contribution in [0.15, 0.2) is 30.6 Å². The minimum Gasteiger partial charge on any atom is -0.481 e. The minimum atomic E-state index is -3.20. The highest BCUT2D eigenvalue weighted by Gasteiger charge is 2.28. The van der Waals surface area contributed by atoms with Crippen molar-refractivity contribution in [1.82, 2.24) is 34.1 Å². The van der Waals surface area contributed by atoms with Crippen molar-refractivity contribution in [2.24, 2.45) is 0 Å². The second-order valence-electron chi connectivity index (χ2n) is 8.31. The molecule has 0 aromatic carbocycles. The first kappa shape index (κ1) is 24.7. The number of ether oxygens (including phenoxy) is 1. The van der Waals surface area contributed by atoms with Crippen molar-refractivity contribution in [1.29, 1.82) is 0 Å². The number of anilines is 3. The molecule has 1 atom stereocenters. The zero-order valence-electron chi connectivity index (χ0n) is 20.1. The van der Waals surface area contributed by atoms with Crippen molar-refractivity contribution < 1.29 is 13.2 Å². The summed E-state index contributed by atoms with van der Waals surface area (Å²) in [4.78, 5) is 24.7. The Balaban J connectivity index is 1.65. The molecule has 4 rings (SSSR count). The summed E-state index contributed by atoms with van der Waals surface area (Å²) in [6, 6.07) is 5.15. The molecule has 0 aliphatic carbocycles. The number of rotatable bonds is 7. The predicted molar refractivity (Wildman–Crippen MR) is 133 cm³/mol. The van der Waals surface area contributed by atoms with Crippen molar-refractivity contribution in [2.75, 3.05) is 50.6 Å². The van der Waals surface area contributed by atoms with Gasteiger partial charge in [-0.15, -0.1) is 0 Å². The highest BCUT2D eigenvalue weighted by molar-refractivity contribution is 7.88. The molecule has 3 aromatic rings. The summed E-state index contributed by atoms with van der Waals surface area (Å²) in [5.41, 5.74) is 8.50. The summed E-state index contributed by atoms with van der Waals surface area (Å²) in [6.07, 6.45) is 4.60. The summed E-state index contributed by atoms with van der Waals surface area (Å²) in [6.45, 7) is 5.88. The Morgan fingerprint density at radius 1 is 1.09 bits per heavy atom. The van der Waals surface area contributed by atoms with Gasteiger partial charge in [0, 0.05) is 38.3 Å². The standard InChI is InChI=1S/C22H29N9O3S/c1-14(30-7-9-31(10-8-30)35(4,32)33)18-13-25-22(28-16-5-6-20(34-3)24-12-16)21(29-18)17-11-19(23)27-15(2)26-17/h5-6,11-14H,7-10H2,1-4H3,(H,25,28)(H2,23,26,27). The van der Waals surface area contributed by atoms with Crippen LogP contribution < -0.4 is 15.8 Å². The fourth-order valence-corrected chi connectivity index (χ4v) is 4.73. The molecular formula is C22H29N9O3S. The van der Waals surface area contributed by atoms with E-state index in [4.69, 9.17) is 15.5 Å². The average molecular weight is 500 g/mol. The van der Waals surface area contributed by atoms with Crippen LogP contribution in [0.1, 0.15) is 24.5 Å². The van der Waals surface area contributed by atoms with E-state index in [0.29, 0.717) is 66.6 Å². The molecule has 0 amide bonds. The molecule has 3 N–H and O–H groups in total. The molecule has 1 aliphatic heterocycles. The first-order chi connectivity index (χ1) is 16.6. The molecule has 4 heterocycles. The number of hydrogen-bond acceptors (Lipinski definition) is 11. The molecule has 12 nitrogen and oxygen atoms in total. The molecule has 0 saturated carbocycles. The first-order valence-corrected chi connectivity index (χ1v) is 12.9. The van der Waals surface area contributed by atoms with Gasteiger partial charge in [-0.1, -0.05) is 0 Å². The Morgan fingerprint density at radius 2 is 1.83 bits per heavy atom. The second-order valence-corrected chi connectivity index (χ2v) is 10.3.